The number of fused-ring (bicyclic) bond motifs is 4. The second-order valence-corrected chi connectivity index (χ2v) is 8.26. The summed E-state index contributed by atoms with van der Waals surface area (Å²) in [7, 11) is -3.56. The summed E-state index contributed by atoms with van der Waals surface area (Å²) in [5, 5.41) is 0. The number of nitrogens with one attached hydrogen (secondary N) is 1. The van der Waals surface area contributed by atoms with E-state index in [-0.39, 0.29) is 10.9 Å². The number of ether oxygens (including phenoxy) is 2. The third kappa shape index (κ3) is 2.13. The summed E-state index contributed by atoms with van der Waals surface area (Å²) in [6, 6.07) is 13.1. The monoisotopic (exact) mass is 343 g/mol. The van der Waals surface area contributed by atoms with Gasteiger partial charge in [-0.3, -0.25) is 0 Å². The van der Waals surface area contributed by atoms with Crippen LogP contribution in [0.4, 0.5) is 0 Å². The van der Waals surface area contributed by atoms with Crippen molar-refractivity contribution >= 4 is 10.0 Å². The van der Waals surface area contributed by atoms with Crippen LogP contribution in [-0.2, 0) is 16.4 Å². The van der Waals surface area contributed by atoms with E-state index in [1.54, 1.807) is 18.2 Å². The lowest BCUT2D eigenvalue weighted by Gasteiger charge is -2.19. The van der Waals surface area contributed by atoms with E-state index in [1.165, 1.54) is 11.1 Å². The summed E-state index contributed by atoms with van der Waals surface area (Å²) in [6.45, 7) is 0.926. The van der Waals surface area contributed by atoms with E-state index in [0.717, 1.165) is 6.42 Å². The van der Waals surface area contributed by atoms with Crippen molar-refractivity contribution in [1.82, 2.24) is 4.72 Å². The molecule has 0 amide bonds. The molecule has 24 heavy (non-hydrogen) atoms. The Bertz CT molecular complexity index is 924. The van der Waals surface area contributed by atoms with Crippen LogP contribution in [0.1, 0.15) is 17.0 Å². The van der Waals surface area contributed by atoms with Crippen LogP contribution in [0, 0.1) is 5.92 Å². The van der Waals surface area contributed by atoms with Gasteiger partial charge in [-0.25, -0.2) is 13.1 Å². The zero-order valence-corrected chi connectivity index (χ0v) is 13.8. The molecule has 3 atom stereocenters. The Hall–Kier alpha value is -2.05. The molecular formula is C18H17NO4S. The molecule has 0 bridgehead atoms. The third-order valence-electron chi connectivity index (χ3n) is 5.15. The highest BCUT2D eigenvalue weighted by molar-refractivity contribution is 7.89. The van der Waals surface area contributed by atoms with Crippen molar-refractivity contribution in [2.75, 3.05) is 13.2 Å². The lowest BCUT2D eigenvalue weighted by molar-refractivity contribution is 0.171. The first-order chi connectivity index (χ1) is 11.6. The van der Waals surface area contributed by atoms with Gasteiger partial charge < -0.3 is 9.47 Å². The Balaban J connectivity index is 1.39. The molecule has 1 fully saturated rings. The molecular weight excluding hydrogens is 326 g/mol. The van der Waals surface area contributed by atoms with Gasteiger partial charge >= 0.3 is 0 Å². The van der Waals surface area contributed by atoms with Crippen molar-refractivity contribution in [2.45, 2.75) is 23.3 Å². The molecule has 0 spiro atoms. The predicted octanol–water partition coefficient (Wildman–Crippen LogP) is 2.07. The van der Waals surface area contributed by atoms with Gasteiger partial charge in [0.2, 0.25) is 10.0 Å². The Kier molecular flexibility index (Phi) is 2.96. The van der Waals surface area contributed by atoms with Gasteiger partial charge in [0.1, 0.15) is 13.2 Å². The maximum Gasteiger partial charge on any atom is 0.240 e. The summed E-state index contributed by atoms with van der Waals surface area (Å²) in [4.78, 5) is 0.227. The molecule has 0 aromatic heterocycles. The molecule has 0 unspecified atom stereocenters. The zero-order valence-electron chi connectivity index (χ0n) is 12.9. The third-order valence-corrected chi connectivity index (χ3v) is 6.61. The maximum absolute atomic E-state index is 12.7. The molecule has 1 N–H and O–H groups in total. The van der Waals surface area contributed by atoms with E-state index in [4.69, 9.17) is 9.47 Å². The SMILES string of the molecule is O=S(=O)(N[C@@H]1[C@H]2Cc3ccccc3[C@H]21)c1ccc2c(c1)OCCO2. The minimum Gasteiger partial charge on any atom is -0.486 e. The van der Waals surface area contributed by atoms with Crippen LogP contribution in [0.5, 0.6) is 11.5 Å². The van der Waals surface area contributed by atoms with Gasteiger partial charge in [0, 0.05) is 18.0 Å². The molecule has 0 radical (unpaired) electrons. The molecule has 2 aliphatic carbocycles. The fourth-order valence-corrected chi connectivity index (χ4v) is 5.28. The standard InChI is InChI=1S/C18H17NO4S/c20-24(21,12-5-6-15-16(10-12)23-8-7-22-15)19-18-14-9-11-3-1-2-4-13(11)17(14)18/h1-6,10,14,17-19H,7-9H2/t14-,17+,18+/m0/s1. The smallest absolute Gasteiger partial charge is 0.240 e. The predicted molar refractivity (Wildman–Crippen MR) is 87.9 cm³/mol. The van der Waals surface area contributed by atoms with Crippen molar-refractivity contribution in [2.24, 2.45) is 5.92 Å². The fourth-order valence-electron chi connectivity index (χ4n) is 3.95. The first kappa shape index (κ1) is 14.3. The van der Waals surface area contributed by atoms with Crippen molar-refractivity contribution in [3.8, 4) is 11.5 Å². The first-order valence-electron chi connectivity index (χ1n) is 8.13. The Morgan fingerprint density at radius 3 is 2.67 bits per heavy atom. The summed E-state index contributed by atoms with van der Waals surface area (Å²) >= 11 is 0. The van der Waals surface area contributed by atoms with Crippen LogP contribution < -0.4 is 14.2 Å². The Morgan fingerprint density at radius 1 is 1.00 bits per heavy atom. The lowest BCUT2D eigenvalue weighted by Crippen LogP contribution is -2.29. The second kappa shape index (κ2) is 4.97. The van der Waals surface area contributed by atoms with Gasteiger partial charge in [0.05, 0.1) is 4.90 Å². The zero-order chi connectivity index (χ0) is 16.3. The Morgan fingerprint density at radius 2 is 1.79 bits per heavy atom. The van der Waals surface area contributed by atoms with E-state index < -0.39 is 10.0 Å². The van der Waals surface area contributed by atoms with E-state index in [9.17, 15) is 8.42 Å². The van der Waals surface area contributed by atoms with Crippen molar-refractivity contribution in [3.05, 3.63) is 53.6 Å². The molecule has 2 aromatic rings. The molecule has 5 nitrogen and oxygen atoms in total. The highest BCUT2D eigenvalue weighted by atomic mass is 32.2. The topological polar surface area (TPSA) is 64.6 Å². The summed E-state index contributed by atoms with van der Waals surface area (Å²) in [5.74, 6) is 1.78. The number of rotatable bonds is 3. The van der Waals surface area contributed by atoms with E-state index in [2.05, 4.69) is 16.9 Å². The van der Waals surface area contributed by atoms with E-state index >= 15 is 0 Å². The number of hydrogen-bond donors (Lipinski definition) is 1. The van der Waals surface area contributed by atoms with Crippen molar-refractivity contribution in [3.63, 3.8) is 0 Å². The van der Waals surface area contributed by atoms with Gasteiger partial charge in [0.25, 0.3) is 0 Å². The molecule has 3 aliphatic rings. The van der Waals surface area contributed by atoms with Crippen LogP contribution in [0.2, 0.25) is 0 Å². The van der Waals surface area contributed by atoms with Gasteiger partial charge in [-0.05, 0) is 35.6 Å². The van der Waals surface area contributed by atoms with E-state index in [0.29, 0.717) is 36.5 Å². The molecule has 1 aliphatic heterocycles. The highest BCUT2D eigenvalue weighted by Crippen LogP contribution is 2.56. The molecule has 5 rings (SSSR count). The van der Waals surface area contributed by atoms with Gasteiger partial charge in [-0.15, -0.1) is 0 Å². The lowest BCUT2D eigenvalue weighted by atomic mass is 10.1. The molecule has 1 heterocycles. The minimum atomic E-state index is -3.56. The number of sulfonamides is 1. The molecule has 0 saturated heterocycles. The second-order valence-electron chi connectivity index (χ2n) is 6.55. The van der Waals surface area contributed by atoms with Crippen molar-refractivity contribution < 1.29 is 17.9 Å². The number of hydrogen-bond acceptors (Lipinski definition) is 4. The highest BCUT2D eigenvalue weighted by Gasteiger charge is 2.56. The largest absolute Gasteiger partial charge is 0.486 e. The molecule has 2 aromatic carbocycles. The van der Waals surface area contributed by atoms with E-state index in [1.807, 2.05) is 12.1 Å². The van der Waals surface area contributed by atoms with Crippen LogP contribution in [0.15, 0.2) is 47.4 Å². The quantitative estimate of drug-likeness (QED) is 0.927. The molecule has 6 heteroatoms. The average molecular weight is 343 g/mol. The summed E-state index contributed by atoms with van der Waals surface area (Å²) < 4.78 is 39.2. The normalized spacial score (nSPS) is 26.6. The van der Waals surface area contributed by atoms with Gasteiger partial charge in [0.15, 0.2) is 11.5 Å². The average Bonchev–Trinajstić information content (AvgIpc) is 3.10. The van der Waals surface area contributed by atoms with Crippen molar-refractivity contribution in [1.29, 1.82) is 0 Å². The Labute approximate surface area is 140 Å². The van der Waals surface area contributed by atoms with Crippen LogP contribution in [0.3, 0.4) is 0 Å². The minimum absolute atomic E-state index is 0.00176. The van der Waals surface area contributed by atoms with Gasteiger partial charge in [-0.1, -0.05) is 24.3 Å². The number of benzene rings is 2. The van der Waals surface area contributed by atoms with Crippen LogP contribution in [-0.4, -0.2) is 27.7 Å². The van der Waals surface area contributed by atoms with Gasteiger partial charge in [-0.2, -0.15) is 0 Å². The maximum atomic E-state index is 12.7. The van der Waals surface area contributed by atoms with Crippen LogP contribution >= 0.6 is 0 Å². The fraction of sp³-hybridized carbons (Fsp3) is 0.333. The summed E-state index contributed by atoms with van der Waals surface area (Å²) in [5.41, 5.74) is 2.64. The summed E-state index contributed by atoms with van der Waals surface area (Å²) in [6.07, 6.45) is 0.954. The first-order valence-corrected chi connectivity index (χ1v) is 9.61. The molecule has 124 valence electrons. The van der Waals surface area contributed by atoms with Crippen LogP contribution in [0.25, 0.3) is 0 Å². The molecule has 1 saturated carbocycles.